The molecule has 5 heteroatoms. The minimum Gasteiger partial charge on any atom is -0.449 e. The number of rotatable bonds is 2. The Bertz CT molecular complexity index is 108. The van der Waals surface area contributed by atoms with Crippen LogP contribution in [0, 0.1) is 0 Å². The van der Waals surface area contributed by atoms with E-state index in [1.165, 1.54) is 0 Å². The second-order valence-corrected chi connectivity index (χ2v) is 2.58. The molecule has 0 aromatic heterocycles. The third-order valence-electron chi connectivity index (χ3n) is 1.55. The molecule has 1 atom stereocenters. The molecule has 1 heterocycles. The lowest BCUT2D eigenvalue weighted by atomic mass is 9.82. The normalized spacial score (nSPS) is 27.3. The molecule has 0 radical (unpaired) electrons. The van der Waals surface area contributed by atoms with Gasteiger partial charge in [0.1, 0.15) is 0 Å². The van der Waals surface area contributed by atoms with Crippen molar-refractivity contribution in [3.63, 3.8) is 0 Å². The van der Waals surface area contributed by atoms with E-state index in [0.29, 0.717) is 13.0 Å². The van der Waals surface area contributed by atoms with Gasteiger partial charge in [0.2, 0.25) is 0 Å². The summed E-state index contributed by atoms with van der Waals surface area (Å²) in [6, 6.07) is 0. The van der Waals surface area contributed by atoms with Gasteiger partial charge in [0, 0.05) is 12.7 Å². The molecular formula is C5H9BF3O-. The van der Waals surface area contributed by atoms with E-state index in [9.17, 15) is 12.9 Å². The van der Waals surface area contributed by atoms with Crippen LogP contribution in [0.3, 0.4) is 0 Å². The maximum Gasteiger partial charge on any atom is 0.480 e. The molecule has 1 saturated heterocycles. The molecule has 0 amide bonds. The lowest BCUT2D eigenvalue weighted by molar-refractivity contribution is 0.118. The Morgan fingerprint density at radius 2 is 2.10 bits per heavy atom. The van der Waals surface area contributed by atoms with Gasteiger partial charge >= 0.3 is 6.98 Å². The molecule has 1 fully saturated rings. The molecule has 0 spiro atoms. The van der Waals surface area contributed by atoms with Crippen molar-refractivity contribution >= 4 is 6.98 Å². The average Bonchev–Trinajstić information content (AvgIpc) is 2.12. The number of halogens is 3. The van der Waals surface area contributed by atoms with Crippen molar-refractivity contribution in [1.29, 1.82) is 0 Å². The summed E-state index contributed by atoms with van der Waals surface area (Å²) < 4.78 is 39.9. The molecule has 1 nitrogen and oxygen atoms in total. The van der Waals surface area contributed by atoms with E-state index in [4.69, 9.17) is 4.74 Å². The van der Waals surface area contributed by atoms with Gasteiger partial charge in [-0.25, -0.2) is 0 Å². The van der Waals surface area contributed by atoms with Crippen LogP contribution in [0.1, 0.15) is 12.8 Å². The number of ether oxygens (including phenoxy) is 1. The van der Waals surface area contributed by atoms with Crippen molar-refractivity contribution in [1.82, 2.24) is 0 Å². The van der Waals surface area contributed by atoms with E-state index in [-0.39, 0.29) is 0 Å². The van der Waals surface area contributed by atoms with Crippen LogP contribution >= 0.6 is 0 Å². The predicted octanol–water partition coefficient (Wildman–Crippen LogP) is 2.01. The van der Waals surface area contributed by atoms with E-state index < -0.39 is 19.4 Å². The quantitative estimate of drug-likeness (QED) is 0.551. The van der Waals surface area contributed by atoms with Gasteiger partial charge in [0.05, 0.1) is 0 Å². The van der Waals surface area contributed by atoms with Crippen LogP contribution in [-0.2, 0) is 4.74 Å². The third-order valence-corrected chi connectivity index (χ3v) is 1.55. The van der Waals surface area contributed by atoms with Crippen molar-refractivity contribution in [2.45, 2.75) is 25.3 Å². The van der Waals surface area contributed by atoms with Crippen LogP contribution in [-0.4, -0.2) is 19.7 Å². The Labute approximate surface area is 57.6 Å². The molecule has 10 heavy (non-hydrogen) atoms. The van der Waals surface area contributed by atoms with Gasteiger partial charge in [0.25, 0.3) is 0 Å². The molecule has 0 bridgehead atoms. The summed E-state index contributed by atoms with van der Waals surface area (Å²) in [6.07, 6.45) is 0.0814. The van der Waals surface area contributed by atoms with Crippen LogP contribution in [0.5, 0.6) is 0 Å². The van der Waals surface area contributed by atoms with Gasteiger partial charge < -0.3 is 17.7 Å². The second-order valence-electron chi connectivity index (χ2n) is 2.58. The zero-order valence-electron chi connectivity index (χ0n) is 5.53. The van der Waals surface area contributed by atoms with Crippen LogP contribution in [0.15, 0.2) is 0 Å². The third kappa shape index (κ3) is 2.60. The van der Waals surface area contributed by atoms with Gasteiger partial charge in [-0.05, 0) is 12.8 Å². The first-order valence-electron chi connectivity index (χ1n) is 3.40. The Kier molecular flexibility index (Phi) is 2.23. The first kappa shape index (κ1) is 7.92. The van der Waals surface area contributed by atoms with Crippen molar-refractivity contribution < 1.29 is 17.7 Å². The summed E-state index contributed by atoms with van der Waals surface area (Å²) in [5.74, 6) is 0. The summed E-state index contributed by atoms with van der Waals surface area (Å²) in [5.41, 5.74) is 0. The lowest BCUT2D eigenvalue weighted by Crippen LogP contribution is -2.22. The van der Waals surface area contributed by atoms with Crippen molar-refractivity contribution in [3.8, 4) is 0 Å². The van der Waals surface area contributed by atoms with E-state index in [1.54, 1.807) is 0 Å². The largest absolute Gasteiger partial charge is 0.480 e. The number of hydrogen-bond acceptors (Lipinski definition) is 1. The fraction of sp³-hybridized carbons (Fsp3) is 1.00. The summed E-state index contributed by atoms with van der Waals surface area (Å²) >= 11 is 0. The molecule has 60 valence electrons. The van der Waals surface area contributed by atoms with Crippen LogP contribution in [0.4, 0.5) is 12.9 Å². The standard InChI is InChI=1S/C5H9BF3O/c7-6(8,9)4-5-2-1-3-10-5/h5H,1-4H2/q-1. The van der Waals surface area contributed by atoms with Crippen molar-refractivity contribution in [2.24, 2.45) is 0 Å². The Balaban J connectivity index is 2.24. The number of hydrogen-bond donors (Lipinski definition) is 0. The van der Waals surface area contributed by atoms with E-state index in [1.807, 2.05) is 0 Å². The molecule has 0 aromatic carbocycles. The summed E-state index contributed by atoms with van der Waals surface area (Å²) in [6.45, 7) is -4.14. The fourth-order valence-electron chi connectivity index (χ4n) is 1.13. The summed E-state index contributed by atoms with van der Waals surface area (Å²) in [5, 5.41) is 0. The van der Waals surface area contributed by atoms with Gasteiger partial charge in [-0.1, -0.05) is 6.32 Å². The van der Waals surface area contributed by atoms with Gasteiger partial charge in [0.15, 0.2) is 0 Å². The Morgan fingerprint density at radius 1 is 1.40 bits per heavy atom. The van der Waals surface area contributed by atoms with E-state index in [0.717, 1.165) is 6.42 Å². The first-order chi connectivity index (χ1) is 4.58. The minimum atomic E-state index is -4.64. The molecule has 1 unspecified atom stereocenters. The highest BCUT2D eigenvalue weighted by molar-refractivity contribution is 6.58. The zero-order valence-corrected chi connectivity index (χ0v) is 5.53. The molecule has 1 aliphatic heterocycles. The maximum atomic E-state index is 11.7. The Morgan fingerprint density at radius 3 is 2.50 bits per heavy atom. The average molecular weight is 153 g/mol. The smallest absolute Gasteiger partial charge is 0.449 e. The first-order valence-corrected chi connectivity index (χ1v) is 3.40. The van der Waals surface area contributed by atoms with Crippen molar-refractivity contribution in [2.75, 3.05) is 6.61 Å². The van der Waals surface area contributed by atoms with Gasteiger partial charge in [-0.15, -0.1) is 0 Å². The van der Waals surface area contributed by atoms with Crippen LogP contribution < -0.4 is 0 Å². The second kappa shape index (κ2) is 2.82. The minimum absolute atomic E-state index is 0.497. The summed E-state index contributed by atoms with van der Waals surface area (Å²) in [7, 11) is 0. The molecule has 1 rings (SSSR count). The SMILES string of the molecule is F[B-](F)(F)CC1CCCO1. The van der Waals surface area contributed by atoms with Gasteiger partial charge in [-0.2, -0.15) is 0 Å². The lowest BCUT2D eigenvalue weighted by Gasteiger charge is -2.17. The Hall–Kier alpha value is -0.185. The summed E-state index contributed by atoms with van der Waals surface area (Å²) in [4.78, 5) is 0. The van der Waals surface area contributed by atoms with Gasteiger partial charge in [-0.3, -0.25) is 0 Å². The molecule has 0 N–H and O–H groups in total. The molecule has 1 aliphatic rings. The van der Waals surface area contributed by atoms with E-state index >= 15 is 0 Å². The molecule has 0 aliphatic carbocycles. The van der Waals surface area contributed by atoms with Crippen molar-refractivity contribution in [3.05, 3.63) is 0 Å². The molecular weight excluding hydrogens is 144 g/mol. The van der Waals surface area contributed by atoms with Crippen LogP contribution in [0.25, 0.3) is 0 Å². The molecule has 0 saturated carbocycles. The topological polar surface area (TPSA) is 9.23 Å². The van der Waals surface area contributed by atoms with E-state index in [2.05, 4.69) is 0 Å². The fourth-order valence-corrected chi connectivity index (χ4v) is 1.13. The highest BCUT2D eigenvalue weighted by Crippen LogP contribution is 2.24. The highest BCUT2D eigenvalue weighted by Gasteiger charge is 2.29. The van der Waals surface area contributed by atoms with Crippen LogP contribution in [0.2, 0.25) is 6.32 Å². The zero-order chi connectivity index (χ0) is 7.61. The highest BCUT2D eigenvalue weighted by atomic mass is 19.4. The maximum absolute atomic E-state index is 11.7. The molecule has 0 aromatic rings. The predicted molar refractivity (Wildman–Crippen MR) is 32.9 cm³/mol. The monoisotopic (exact) mass is 153 g/mol.